The van der Waals surface area contributed by atoms with Gasteiger partial charge in [-0.3, -0.25) is 9.69 Å². The van der Waals surface area contributed by atoms with Gasteiger partial charge in [0.2, 0.25) is 5.91 Å². The molecule has 2 rings (SSSR count). The van der Waals surface area contributed by atoms with Gasteiger partial charge < -0.3 is 10.1 Å². The maximum Gasteiger partial charge on any atom is 0.222 e. The summed E-state index contributed by atoms with van der Waals surface area (Å²) in [6.45, 7) is 8.59. The number of nitrogens with one attached hydrogen (secondary N) is 1. The Hall–Kier alpha value is -0.610. The number of morpholine rings is 1. The van der Waals surface area contributed by atoms with E-state index in [0.29, 0.717) is 0 Å². The average Bonchev–Trinajstić information content (AvgIpc) is 2.53. The SMILES string of the molecule is CCC(C)C(=O)NCC1(N2CCOCC2)CCCCC1. The van der Waals surface area contributed by atoms with E-state index >= 15 is 0 Å². The summed E-state index contributed by atoms with van der Waals surface area (Å²) in [4.78, 5) is 14.7. The summed E-state index contributed by atoms with van der Waals surface area (Å²) in [6, 6.07) is 0. The first-order valence-corrected chi connectivity index (χ1v) is 8.28. The quantitative estimate of drug-likeness (QED) is 0.840. The third-order valence-corrected chi connectivity index (χ3v) is 5.12. The first kappa shape index (κ1) is 15.8. The second-order valence-corrected chi connectivity index (χ2v) is 6.41. The van der Waals surface area contributed by atoms with Crippen LogP contribution >= 0.6 is 0 Å². The number of hydrogen-bond acceptors (Lipinski definition) is 3. The van der Waals surface area contributed by atoms with E-state index in [0.717, 1.165) is 39.3 Å². The molecule has 0 radical (unpaired) electrons. The molecule has 0 aromatic heterocycles. The molecule has 1 saturated carbocycles. The molecule has 116 valence electrons. The van der Waals surface area contributed by atoms with Gasteiger partial charge in [0.05, 0.1) is 13.2 Å². The predicted molar refractivity (Wildman–Crippen MR) is 80.7 cm³/mol. The maximum atomic E-state index is 12.1. The van der Waals surface area contributed by atoms with Gasteiger partial charge >= 0.3 is 0 Å². The topological polar surface area (TPSA) is 41.6 Å². The lowest BCUT2D eigenvalue weighted by atomic mass is 9.79. The van der Waals surface area contributed by atoms with Gasteiger partial charge in [-0.15, -0.1) is 0 Å². The zero-order valence-electron chi connectivity index (χ0n) is 13.1. The zero-order valence-corrected chi connectivity index (χ0v) is 13.1. The lowest BCUT2D eigenvalue weighted by molar-refractivity contribution is -0.125. The molecule has 4 nitrogen and oxygen atoms in total. The van der Waals surface area contributed by atoms with E-state index in [1.54, 1.807) is 0 Å². The van der Waals surface area contributed by atoms with Crippen molar-refractivity contribution in [3.63, 3.8) is 0 Å². The molecule has 1 N–H and O–H groups in total. The van der Waals surface area contributed by atoms with Gasteiger partial charge in [0.1, 0.15) is 0 Å². The summed E-state index contributed by atoms with van der Waals surface area (Å²) < 4.78 is 5.49. The fourth-order valence-corrected chi connectivity index (χ4v) is 3.46. The van der Waals surface area contributed by atoms with Gasteiger partial charge in [-0.1, -0.05) is 33.1 Å². The summed E-state index contributed by atoms with van der Waals surface area (Å²) in [7, 11) is 0. The highest BCUT2D eigenvalue weighted by atomic mass is 16.5. The fraction of sp³-hybridized carbons (Fsp3) is 0.938. The van der Waals surface area contributed by atoms with Gasteiger partial charge in [0.25, 0.3) is 0 Å². The molecule has 0 aromatic carbocycles. The third kappa shape index (κ3) is 3.73. The number of nitrogens with zero attached hydrogens (tertiary/aromatic N) is 1. The van der Waals surface area contributed by atoms with E-state index in [-0.39, 0.29) is 17.4 Å². The number of hydrogen-bond donors (Lipinski definition) is 1. The molecular weight excluding hydrogens is 252 g/mol. The number of amides is 1. The van der Waals surface area contributed by atoms with Crippen LogP contribution in [0.15, 0.2) is 0 Å². The summed E-state index contributed by atoms with van der Waals surface area (Å²) >= 11 is 0. The Morgan fingerprint density at radius 3 is 2.50 bits per heavy atom. The van der Waals surface area contributed by atoms with Gasteiger partial charge in [0, 0.05) is 31.1 Å². The molecule has 1 saturated heterocycles. The smallest absolute Gasteiger partial charge is 0.222 e. The van der Waals surface area contributed by atoms with Crippen LogP contribution in [0.4, 0.5) is 0 Å². The maximum absolute atomic E-state index is 12.1. The van der Waals surface area contributed by atoms with Crippen LogP contribution in [0.25, 0.3) is 0 Å². The van der Waals surface area contributed by atoms with Crippen LogP contribution in [-0.2, 0) is 9.53 Å². The second-order valence-electron chi connectivity index (χ2n) is 6.41. The number of rotatable bonds is 5. The Kier molecular flexibility index (Phi) is 5.85. The van der Waals surface area contributed by atoms with Crippen molar-refractivity contribution in [1.29, 1.82) is 0 Å². The zero-order chi connectivity index (χ0) is 14.4. The van der Waals surface area contributed by atoms with Crippen LogP contribution in [0.2, 0.25) is 0 Å². The van der Waals surface area contributed by atoms with Crippen molar-refractivity contribution in [2.45, 2.75) is 57.9 Å². The average molecular weight is 282 g/mol. The minimum Gasteiger partial charge on any atom is -0.379 e. The Balaban J connectivity index is 1.97. The van der Waals surface area contributed by atoms with E-state index in [1.165, 1.54) is 32.1 Å². The highest BCUT2D eigenvalue weighted by Gasteiger charge is 2.38. The molecule has 1 heterocycles. The lowest BCUT2D eigenvalue weighted by Crippen LogP contribution is -2.60. The van der Waals surface area contributed by atoms with Crippen LogP contribution < -0.4 is 5.32 Å². The van der Waals surface area contributed by atoms with Crippen molar-refractivity contribution in [1.82, 2.24) is 10.2 Å². The third-order valence-electron chi connectivity index (χ3n) is 5.12. The first-order chi connectivity index (χ1) is 9.68. The second kappa shape index (κ2) is 7.41. The van der Waals surface area contributed by atoms with Gasteiger partial charge in [-0.25, -0.2) is 0 Å². The molecule has 1 aliphatic heterocycles. The molecule has 1 atom stereocenters. The molecule has 1 aliphatic carbocycles. The molecule has 2 fully saturated rings. The van der Waals surface area contributed by atoms with Crippen molar-refractivity contribution in [2.75, 3.05) is 32.8 Å². The van der Waals surface area contributed by atoms with Crippen LogP contribution in [0, 0.1) is 5.92 Å². The minimum atomic E-state index is 0.125. The highest BCUT2D eigenvalue weighted by molar-refractivity contribution is 5.78. The molecule has 0 bridgehead atoms. The number of carbonyl (C=O) groups is 1. The summed E-state index contributed by atoms with van der Waals surface area (Å²) in [5.74, 6) is 0.339. The van der Waals surface area contributed by atoms with Crippen LogP contribution in [0.5, 0.6) is 0 Å². The molecule has 0 aromatic rings. The summed E-state index contributed by atoms with van der Waals surface area (Å²) in [5.41, 5.74) is 0.186. The van der Waals surface area contributed by atoms with Crippen LogP contribution in [0.3, 0.4) is 0 Å². The Bertz CT molecular complexity index is 308. The monoisotopic (exact) mass is 282 g/mol. The largest absolute Gasteiger partial charge is 0.379 e. The normalized spacial score (nSPS) is 25.1. The van der Waals surface area contributed by atoms with E-state index in [1.807, 2.05) is 6.92 Å². The Morgan fingerprint density at radius 2 is 1.90 bits per heavy atom. The van der Waals surface area contributed by atoms with Gasteiger partial charge in [-0.2, -0.15) is 0 Å². The van der Waals surface area contributed by atoms with E-state index in [2.05, 4.69) is 17.1 Å². The highest BCUT2D eigenvalue weighted by Crippen LogP contribution is 2.33. The van der Waals surface area contributed by atoms with Crippen molar-refractivity contribution in [3.8, 4) is 0 Å². The first-order valence-electron chi connectivity index (χ1n) is 8.28. The van der Waals surface area contributed by atoms with Crippen molar-refractivity contribution in [3.05, 3.63) is 0 Å². The fourth-order valence-electron chi connectivity index (χ4n) is 3.46. The summed E-state index contributed by atoms with van der Waals surface area (Å²) in [6.07, 6.45) is 7.26. The summed E-state index contributed by atoms with van der Waals surface area (Å²) in [5, 5.41) is 3.22. The van der Waals surface area contributed by atoms with Crippen molar-refractivity contribution in [2.24, 2.45) is 5.92 Å². The molecule has 4 heteroatoms. The molecule has 1 amide bonds. The van der Waals surface area contributed by atoms with Gasteiger partial charge in [-0.05, 0) is 19.3 Å². The molecule has 0 spiro atoms. The molecule has 20 heavy (non-hydrogen) atoms. The molecular formula is C16H30N2O2. The Labute approximate surface area is 123 Å². The van der Waals surface area contributed by atoms with Crippen molar-refractivity contribution >= 4 is 5.91 Å². The number of ether oxygens (including phenoxy) is 1. The van der Waals surface area contributed by atoms with Crippen LogP contribution in [0.1, 0.15) is 52.4 Å². The molecule has 2 aliphatic rings. The number of carbonyl (C=O) groups excluding carboxylic acids is 1. The van der Waals surface area contributed by atoms with E-state index < -0.39 is 0 Å². The van der Waals surface area contributed by atoms with E-state index in [9.17, 15) is 4.79 Å². The van der Waals surface area contributed by atoms with Crippen molar-refractivity contribution < 1.29 is 9.53 Å². The van der Waals surface area contributed by atoms with E-state index in [4.69, 9.17) is 4.74 Å². The minimum absolute atomic E-state index is 0.125. The van der Waals surface area contributed by atoms with Crippen LogP contribution in [-0.4, -0.2) is 49.2 Å². The standard InChI is InChI=1S/C16H30N2O2/c1-3-14(2)15(19)17-13-16(7-5-4-6-8-16)18-9-11-20-12-10-18/h14H,3-13H2,1-2H3,(H,17,19). The van der Waals surface area contributed by atoms with Gasteiger partial charge in [0.15, 0.2) is 0 Å². The lowest BCUT2D eigenvalue weighted by Gasteiger charge is -2.48. The molecule has 1 unspecified atom stereocenters. The Morgan fingerprint density at radius 1 is 1.25 bits per heavy atom. The predicted octanol–water partition coefficient (Wildman–Crippen LogP) is 2.18.